The van der Waals surface area contributed by atoms with Crippen molar-refractivity contribution in [1.82, 2.24) is 0 Å². The number of aryl methyl sites for hydroxylation is 1. The number of ether oxygens (including phenoxy) is 4. The normalized spacial score (nSPS) is 16.4. The molecule has 0 bridgehead atoms. The molecule has 3 unspecified atom stereocenters. The molecule has 0 aliphatic rings. The highest BCUT2D eigenvalue weighted by Gasteiger charge is 2.48. The van der Waals surface area contributed by atoms with Crippen molar-refractivity contribution < 1.29 is 39.8 Å². The Morgan fingerprint density at radius 1 is 0.510 bits per heavy atom. The van der Waals surface area contributed by atoms with Gasteiger partial charge in [0.05, 0.1) is 39.6 Å². The van der Waals surface area contributed by atoms with E-state index >= 15 is 0 Å². The smallest absolute Gasteiger partial charge is 0.317 e. The molecule has 9 nitrogen and oxygen atoms in total. The molecule has 0 aliphatic carbocycles. The molecule has 1 aromatic rings. The van der Waals surface area contributed by atoms with E-state index in [0.29, 0.717) is 46.2 Å². The summed E-state index contributed by atoms with van der Waals surface area (Å²) < 4.78 is 56.4. The van der Waals surface area contributed by atoms with E-state index in [2.05, 4.69) is 89.3 Å². The van der Waals surface area contributed by atoms with E-state index in [4.69, 9.17) is 39.8 Å². The van der Waals surface area contributed by atoms with Crippen LogP contribution in [0, 0.1) is 0 Å². The highest BCUT2D eigenvalue weighted by molar-refractivity contribution is 6.89. The minimum atomic E-state index is -2.73. The van der Waals surface area contributed by atoms with E-state index < -0.39 is 52.1 Å². The third kappa shape index (κ3) is 25.8. The van der Waals surface area contributed by atoms with Gasteiger partial charge < -0.3 is 39.8 Å². The van der Waals surface area contributed by atoms with Crippen molar-refractivity contribution in [3.05, 3.63) is 35.9 Å². The SMILES string of the molecule is COCCOCCOCCOCCC[Si](C)(O[Si](C)(CCc1ccccc1)O[SiH2]C)O[Si](C)(CCCCCCCC[Si](C)(C)OC)O[Si](C)(C)C. The molecule has 0 spiro atoms. The lowest BCUT2D eigenvalue weighted by atomic mass is 10.1. The number of hydrogen-bond donors (Lipinski definition) is 0. The predicted octanol–water partition coefficient (Wildman–Crippen LogP) is 8.76. The maximum Gasteiger partial charge on any atom is 0.317 e. The van der Waals surface area contributed by atoms with E-state index in [0.717, 1.165) is 37.4 Å². The summed E-state index contributed by atoms with van der Waals surface area (Å²) in [6.45, 7) is 24.6. The summed E-state index contributed by atoms with van der Waals surface area (Å²) in [5.74, 6) is 0. The summed E-state index contributed by atoms with van der Waals surface area (Å²) >= 11 is 0. The second-order valence-electron chi connectivity index (χ2n) is 15.8. The van der Waals surface area contributed by atoms with Gasteiger partial charge in [-0.3, -0.25) is 0 Å². The van der Waals surface area contributed by atoms with Crippen molar-refractivity contribution in [2.75, 3.05) is 60.5 Å². The minimum absolute atomic E-state index is 0.552. The van der Waals surface area contributed by atoms with Crippen LogP contribution in [0.3, 0.4) is 0 Å². The molecular formula is C36H78O9Si6. The minimum Gasteiger partial charge on any atom is -0.442 e. The standard InChI is InChI=1S/C36H78O9Si6/c1-37-26-27-40-30-31-41-29-28-39-25-21-34-51(11,44-49(9,42-46-3)35-24-36-22-17-16-18-23-36)45-50(10,43-47(4,5)6)33-20-15-13-12-14-19-32-48(7,8)38-2/h16-18,22-23H,12-15,19-21,24-35,46H2,1-11H3. The summed E-state index contributed by atoms with van der Waals surface area (Å²) in [4.78, 5) is 0. The Kier molecular flexibility index (Phi) is 25.9. The molecule has 0 aromatic heterocycles. The lowest BCUT2D eigenvalue weighted by Gasteiger charge is -2.44. The van der Waals surface area contributed by atoms with Crippen LogP contribution in [0.4, 0.5) is 0 Å². The third-order valence-corrected chi connectivity index (χ3v) is 29.9. The summed E-state index contributed by atoms with van der Waals surface area (Å²) in [7, 11) is -8.25. The van der Waals surface area contributed by atoms with Crippen molar-refractivity contribution in [2.24, 2.45) is 0 Å². The van der Waals surface area contributed by atoms with E-state index in [1.165, 1.54) is 43.7 Å². The van der Waals surface area contributed by atoms with E-state index in [1.54, 1.807) is 7.11 Å². The summed E-state index contributed by atoms with van der Waals surface area (Å²) in [5, 5.41) is 0. The Morgan fingerprint density at radius 2 is 1.00 bits per heavy atom. The highest BCUT2D eigenvalue weighted by Crippen LogP contribution is 2.33. The van der Waals surface area contributed by atoms with Gasteiger partial charge in [0.15, 0.2) is 16.6 Å². The van der Waals surface area contributed by atoms with Crippen LogP contribution in [-0.4, -0.2) is 113 Å². The molecule has 0 saturated carbocycles. The molecule has 0 saturated heterocycles. The van der Waals surface area contributed by atoms with Crippen LogP contribution in [0.5, 0.6) is 0 Å². The summed E-state index contributed by atoms with van der Waals surface area (Å²) in [6, 6.07) is 14.7. The zero-order valence-electron chi connectivity index (χ0n) is 34.7. The van der Waals surface area contributed by atoms with Crippen LogP contribution in [0.2, 0.25) is 83.1 Å². The molecule has 1 rings (SSSR count). The Balaban J connectivity index is 2.92. The number of methoxy groups -OCH3 is 1. The van der Waals surface area contributed by atoms with Gasteiger partial charge in [0, 0.05) is 20.8 Å². The first-order valence-electron chi connectivity index (χ1n) is 19.6. The molecule has 0 fully saturated rings. The molecule has 0 N–H and O–H groups in total. The predicted molar refractivity (Wildman–Crippen MR) is 227 cm³/mol. The van der Waals surface area contributed by atoms with Gasteiger partial charge >= 0.3 is 25.7 Å². The molecule has 3 atom stereocenters. The van der Waals surface area contributed by atoms with Gasteiger partial charge in [-0.05, 0) is 95.0 Å². The van der Waals surface area contributed by atoms with Crippen LogP contribution in [-0.2, 0) is 46.3 Å². The number of unbranched alkanes of at least 4 members (excludes halogenated alkanes) is 5. The molecule has 51 heavy (non-hydrogen) atoms. The molecule has 0 heterocycles. The average molecular weight is 824 g/mol. The van der Waals surface area contributed by atoms with Gasteiger partial charge in [0.1, 0.15) is 9.76 Å². The van der Waals surface area contributed by atoms with Gasteiger partial charge in [-0.2, -0.15) is 0 Å². The van der Waals surface area contributed by atoms with Crippen LogP contribution < -0.4 is 0 Å². The maximum absolute atomic E-state index is 7.42. The number of rotatable bonds is 34. The number of hydrogen-bond acceptors (Lipinski definition) is 9. The second kappa shape index (κ2) is 26.9. The first kappa shape index (κ1) is 49.2. The quantitative estimate of drug-likeness (QED) is 0.0501. The zero-order chi connectivity index (χ0) is 38.1. The van der Waals surface area contributed by atoms with Gasteiger partial charge in [-0.1, -0.05) is 75.4 Å². The fourth-order valence-electron chi connectivity index (χ4n) is 6.27. The maximum atomic E-state index is 7.42. The molecule has 300 valence electrons. The molecule has 1 aromatic carbocycles. The largest absolute Gasteiger partial charge is 0.442 e. The monoisotopic (exact) mass is 822 g/mol. The Labute approximate surface area is 321 Å². The third-order valence-electron chi connectivity index (χ3n) is 8.85. The van der Waals surface area contributed by atoms with Gasteiger partial charge in [-0.25, -0.2) is 0 Å². The lowest BCUT2D eigenvalue weighted by Crippen LogP contribution is -2.60. The Morgan fingerprint density at radius 3 is 1.55 bits per heavy atom. The Bertz CT molecular complexity index is 994. The van der Waals surface area contributed by atoms with Gasteiger partial charge in [0.25, 0.3) is 0 Å². The lowest BCUT2D eigenvalue weighted by molar-refractivity contribution is 0.00364. The topological polar surface area (TPSA) is 83.1 Å². The van der Waals surface area contributed by atoms with Crippen molar-refractivity contribution in [3.8, 4) is 0 Å². The van der Waals surface area contributed by atoms with Crippen molar-refractivity contribution in [2.45, 2.75) is 134 Å². The molecule has 15 heteroatoms. The summed E-state index contributed by atoms with van der Waals surface area (Å²) in [5.41, 5.74) is 1.33. The first-order chi connectivity index (χ1) is 24.1. The highest BCUT2D eigenvalue weighted by atomic mass is 28.5. The van der Waals surface area contributed by atoms with Gasteiger partial charge in [-0.15, -0.1) is 0 Å². The van der Waals surface area contributed by atoms with Gasteiger partial charge in [0.2, 0.25) is 0 Å². The molecular weight excluding hydrogens is 745 g/mol. The fraction of sp³-hybridized carbons (Fsp3) is 0.833. The van der Waals surface area contributed by atoms with Crippen molar-refractivity contribution >= 4 is 52.1 Å². The second-order valence-corrected chi connectivity index (χ2v) is 36.9. The van der Waals surface area contributed by atoms with Crippen LogP contribution in [0.25, 0.3) is 0 Å². The van der Waals surface area contributed by atoms with Crippen molar-refractivity contribution in [3.63, 3.8) is 0 Å². The van der Waals surface area contributed by atoms with Crippen LogP contribution >= 0.6 is 0 Å². The average Bonchev–Trinajstić information content (AvgIpc) is 3.05. The fourth-order valence-corrected chi connectivity index (χ4v) is 29.4. The van der Waals surface area contributed by atoms with Crippen LogP contribution in [0.1, 0.15) is 50.5 Å². The molecule has 0 aliphatic heterocycles. The molecule has 0 amide bonds. The van der Waals surface area contributed by atoms with Crippen LogP contribution in [0.15, 0.2) is 30.3 Å². The van der Waals surface area contributed by atoms with E-state index in [1.807, 2.05) is 7.11 Å². The Hall–Kier alpha value is 0.161. The summed E-state index contributed by atoms with van der Waals surface area (Å²) in [6.07, 6.45) is 9.29. The van der Waals surface area contributed by atoms with E-state index in [-0.39, 0.29) is 0 Å². The van der Waals surface area contributed by atoms with E-state index in [9.17, 15) is 0 Å². The zero-order valence-corrected chi connectivity index (χ0v) is 41.1. The first-order valence-corrected chi connectivity index (χ1v) is 35.7. The molecule has 0 radical (unpaired) electrons. The van der Waals surface area contributed by atoms with Crippen molar-refractivity contribution in [1.29, 1.82) is 0 Å². The number of benzene rings is 1.